The first-order chi connectivity index (χ1) is 9.18. The Bertz CT molecular complexity index is 379. The molecule has 1 amide bonds. The van der Waals surface area contributed by atoms with Crippen molar-refractivity contribution in [1.82, 2.24) is 4.90 Å². The average molecular weight is 287 g/mol. The first-order valence-corrected chi connectivity index (χ1v) is 6.61. The normalized spacial score (nSPS) is 27.4. The smallest absolute Gasteiger partial charge is 0.451 e. The third-order valence-electron chi connectivity index (χ3n) is 3.74. The van der Waals surface area contributed by atoms with Crippen LogP contribution in [-0.4, -0.2) is 63.7 Å². The van der Waals surface area contributed by atoms with Gasteiger partial charge in [0.2, 0.25) is 5.91 Å². The van der Waals surface area contributed by atoms with Crippen LogP contribution in [0, 0.1) is 5.92 Å². The number of hydrogen-bond donors (Lipinski definition) is 5. The molecule has 2 unspecified atom stereocenters. The Labute approximate surface area is 117 Å². The Morgan fingerprint density at radius 3 is 2.55 bits per heavy atom. The molecular weight excluding hydrogens is 265 g/mol. The van der Waals surface area contributed by atoms with Crippen LogP contribution < -0.4 is 11.5 Å². The first-order valence-electron chi connectivity index (χ1n) is 6.61. The number of carbonyl (C=O) groups is 2. The van der Waals surface area contributed by atoms with Gasteiger partial charge in [-0.05, 0) is 19.7 Å². The number of carboxylic acid groups (broad SMARTS) is 1. The van der Waals surface area contributed by atoms with Gasteiger partial charge in [0, 0.05) is 19.0 Å². The topological polar surface area (TPSA) is 150 Å². The highest BCUT2D eigenvalue weighted by Crippen LogP contribution is 2.30. The largest absolute Gasteiger partial charge is 0.480 e. The van der Waals surface area contributed by atoms with E-state index in [0.29, 0.717) is 12.8 Å². The highest BCUT2D eigenvalue weighted by atomic mass is 16.4. The molecule has 0 saturated carbocycles. The molecule has 1 heterocycles. The predicted molar refractivity (Wildman–Crippen MR) is 72.5 cm³/mol. The quantitative estimate of drug-likeness (QED) is 0.349. The van der Waals surface area contributed by atoms with Gasteiger partial charge in [-0.3, -0.25) is 9.59 Å². The molecule has 0 bridgehead atoms. The van der Waals surface area contributed by atoms with E-state index in [9.17, 15) is 14.7 Å². The van der Waals surface area contributed by atoms with Crippen LogP contribution in [-0.2, 0) is 9.59 Å². The summed E-state index contributed by atoms with van der Waals surface area (Å²) in [6.45, 7) is 1.69. The average Bonchev–Trinajstić information content (AvgIpc) is 2.67. The highest BCUT2D eigenvalue weighted by Gasteiger charge is 2.50. The predicted octanol–water partition coefficient (Wildman–Crippen LogP) is -2.17. The van der Waals surface area contributed by atoms with E-state index in [4.69, 9.17) is 21.5 Å². The van der Waals surface area contributed by atoms with Crippen LogP contribution in [0.3, 0.4) is 0 Å². The number of aliphatic carboxylic acids is 1. The standard InChI is InChI=1S/C11H22BN3O5/c1-7(13)9(16)15-5-8(3-2-4-12(19)20)11(14,6-15)10(17)18/h7-8,19-20H,2-6,13-14H2,1H3,(H,17,18)/t7?,8?,11-/m1/s1. The van der Waals surface area contributed by atoms with Crippen LogP contribution in [0.2, 0.25) is 6.32 Å². The van der Waals surface area contributed by atoms with Gasteiger partial charge in [-0.1, -0.05) is 6.42 Å². The highest BCUT2D eigenvalue weighted by molar-refractivity contribution is 6.40. The van der Waals surface area contributed by atoms with Crippen molar-refractivity contribution in [2.45, 2.75) is 37.7 Å². The van der Waals surface area contributed by atoms with Gasteiger partial charge in [0.15, 0.2) is 0 Å². The Hall–Kier alpha value is -1.16. The van der Waals surface area contributed by atoms with Gasteiger partial charge in [-0.15, -0.1) is 0 Å². The Morgan fingerprint density at radius 2 is 2.10 bits per heavy atom. The summed E-state index contributed by atoms with van der Waals surface area (Å²) in [6.07, 6.45) is 0.978. The van der Waals surface area contributed by atoms with Gasteiger partial charge in [-0.2, -0.15) is 0 Å². The molecule has 0 radical (unpaired) electrons. The Balaban J connectivity index is 2.74. The van der Waals surface area contributed by atoms with E-state index in [0.717, 1.165) is 0 Å². The summed E-state index contributed by atoms with van der Waals surface area (Å²) in [4.78, 5) is 24.6. The van der Waals surface area contributed by atoms with Crippen molar-refractivity contribution in [1.29, 1.82) is 0 Å². The molecule has 3 atom stereocenters. The second-order valence-electron chi connectivity index (χ2n) is 5.46. The number of hydrogen-bond acceptors (Lipinski definition) is 6. The van der Waals surface area contributed by atoms with Gasteiger partial charge in [0.05, 0.1) is 6.04 Å². The minimum atomic E-state index is -1.51. The van der Waals surface area contributed by atoms with Crippen LogP contribution >= 0.6 is 0 Å². The molecule has 1 fully saturated rings. The molecule has 114 valence electrons. The molecular formula is C11H22BN3O5. The summed E-state index contributed by atoms with van der Waals surface area (Å²) in [7, 11) is -1.42. The Morgan fingerprint density at radius 1 is 1.50 bits per heavy atom. The molecule has 0 aromatic heterocycles. The SMILES string of the molecule is CC(N)C(=O)N1CC(CCCB(O)O)[C@@](N)(C(=O)O)C1. The number of nitrogens with zero attached hydrogens (tertiary/aromatic N) is 1. The number of rotatable bonds is 6. The lowest BCUT2D eigenvalue weighted by molar-refractivity contribution is -0.144. The van der Waals surface area contributed by atoms with Crippen molar-refractivity contribution < 1.29 is 24.7 Å². The lowest BCUT2D eigenvalue weighted by Crippen LogP contribution is -2.55. The molecule has 7 N–H and O–H groups in total. The third-order valence-corrected chi connectivity index (χ3v) is 3.74. The van der Waals surface area contributed by atoms with Gasteiger partial charge >= 0.3 is 13.1 Å². The lowest BCUT2D eigenvalue weighted by atomic mass is 9.78. The molecule has 1 rings (SSSR count). The second kappa shape index (κ2) is 6.53. The molecule has 1 saturated heterocycles. The molecule has 1 aliphatic rings. The van der Waals surface area contributed by atoms with Gasteiger partial charge in [-0.25, -0.2) is 0 Å². The zero-order chi connectivity index (χ0) is 15.5. The summed E-state index contributed by atoms with van der Waals surface area (Å²) in [5.41, 5.74) is 9.94. The summed E-state index contributed by atoms with van der Waals surface area (Å²) in [5, 5.41) is 26.9. The summed E-state index contributed by atoms with van der Waals surface area (Å²) in [5.74, 6) is -1.92. The second-order valence-corrected chi connectivity index (χ2v) is 5.46. The number of nitrogens with two attached hydrogens (primary N) is 2. The number of likely N-dealkylation sites (tertiary alicyclic amines) is 1. The first kappa shape index (κ1) is 16.9. The fraction of sp³-hybridized carbons (Fsp3) is 0.818. The monoisotopic (exact) mass is 287 g/mol. The van der Waals surface area contributed by atoms with E-state index in [1.165, 1.54) is 11.8 Å². The zero-order valence-electron chi connectivity index (χ0n) is 11.5. The van der Waals surface area contributed by atoms with E-state index in [2.05, 4.69) is 0 Å². The number of carboxylic acids is 1. The lowest BCUT2D eigenvalue weighted by Gasteiger charge is -2.25. The van der Waals surface area contributed by atoms with Crippen molar-refractivity contribution in [2.75, 3.05) is 13.1 Å². The van der Waals surface area contributed by atoms with Gasteiger partial charge in [0.25, 0.3) is 0 Å². The fourth-order valence-corrected chi connectivity index (χ4v) is 2.53. The van der Waals surface area contributed by atoms with E-state index in [1.54, 1.807) is 0 Å². The molecule has 9 heteroatoms. The van der Waals surface area contributed by atoms with E-state index < -0.39 is 30.6 Å². The number of carbonyl (C=O) groups excluding carboxylic acids is 1. The maximum Gasteiger partial charge on any atom is 0.451 e. The van der Waals surface area contributed by atoms with Crippen LogP contribution in [0.25, 0.3) is 0 Å². The van der Waals surface area contributed by atoms with Crippen molar-refractivity contribution in [3.63, 3.8) is 0 Å². The molecule has 0 spiro atoms. The van der Waals surface area contributed by atoms with Crippen molar-refractivity contribution in [3.05, 3.63) is 0 Å². The van der Waals surface area contributed by atoms with Crippen LogP contribution in [0.5, 0.6) is 0 Å². The fourth-order valence-electron chi connectivity index (χ4n) is 2.53. The van der Waals surface area contributed by atoms with Gasteiger partial charge < -0.3 is 31.5 Å². The van der Waals surface area contributed by atoms with E-state index in [-0.39, 0.29) is 25.3 Å². The number of amides is 1. The maximum absolute atomic E-state index is 11.9. The summed E-state index contributed by atoms with van der Waals surface area (Å²) in [6, 6.07) is -0.703. The maximum atomic E-state index is 11.9. The molecule has 0 aromatic carbocycles. The van der Waals surface area contributed by atoms with E-state index in [1.807, 2.05) is 0 Å². The molecule has 20 heavy (non-hydrogen) atoms. The van der Waals surface area contributed by atoms with Crippen LogP contribution in [0.1, 0.15) is 19.8 Å². The molecule has 0 aliphatic carbocycles. The summed E-state index contributed by atoms with van der Waals surface area (Å²) < 4.78 is 0. The van der Waals surface area contributed by atoms with Crippen LogP contribution in [0.15, 0.2) is 0 Å². The Kier molecular flexibility index (Phi) is 5.52. The van der Waals surface area contributed by atoms with Crippen LogP contribution in [0.4, 0.5) is 0 Å². The molecule has 8 nitrogen and oxygen atoms in total. The molecule has 1 aliphatic heterocycles. The van der Waals surface area contributed by atoms with Crippen molar-refractivity contribution >= 4 is 19.0 Å². The zero-order valence-corrected chi connectivity index (χ0v) is 11.5. The van der Waals surface area contributed by atoms with E-state index >= 15 is 0 Å². The van der Waals surface area contributed by atoms with Gasteiger partial charge in [0.1, 0.15) is 5.54 Å². The minimum Gasteiger partial charge on any atom is -0.480 e. The summed E-state index contributed by atoms with van der Waals surface area (Å²) >= 11 is 0. The van der Waals surface area contributed by atoms with Crippen molar-refractivity contribution in [3.8, 4) is 0 Å². The minimum absolute atomic E-state index is 0.0744. The van der Waals surface area contributed by atoms with Crippen molar-refractivity contribution in [2.24, 2.45) is 17.4 Å². The third kappa shape index (κ3) is 3.69. The molecule has 0 aromatic rings.